The number of likely N-dealkylation sites (tertiary alicyclic amines) is 1. The highest BCUT2D eigenvalue weighted by atomic mass is 79.9. The quantitative estimate of drug-likeness (QED) is 0.761. The fourth-order valence-electron chi connectivity index (χ4n) is 2.36. The van der Waals surface area contributed by atoms with Crippen LogP contribution in [0.3, 0.4) is 0 Å². The summed E-state index contributed by atoms with van der Waals surface area (Å²) in [5.74, 6) is -0.656. The van der Waals surface area contributed by atoms with E-state index in [9.17, 15) is 9.59 Å². The van der Waals surface area contributed by atoms with Gasteiger partial charge in [-0.25, -0.2) is 0 Å². The smallest absolute Gasteiger partial charge is 0.310 e. The number of rotatable bonds is 2. The molecule has 0 spiro atoms. The van der Waals surface area contributed by atoms with Crippen LogP contribution in [0.4, 0.5) is 0 Å². The largest absolute Gasteiger partial charge is 0.469 e. The normalized spacial score (nSPS) is 18.8. The van der Waals surface area contributed by atoms with Crippen molar-refractivity contribution in [3.63, 3.8) is 0 Å². The SMILES string of the molecule is COC(=O)C1CCCN(C(=O)c2cccc(Br)c2Cl)C1. The van der Waals surface area contributed by atoms with E-state index in [-0.39, 0.29) is 17.8 Å². The zero-order valence-electron chi connectivity index (χ0n) is 11.1. The summed E-state index contributed by atoms with van der Waals surface area (Å²) in [6, 6.07) is 5.24. The van der Waals surface area contributed by atoms with Gasteiger partial charge in [-0.05, 0) is 40.9 Å². The van der Waals surface area contributed by atoms with E-state index in [1.807, 2.05) is 0 Å². The van der Waals surface area contributed by atoms with Crippen molar-refractivity contribution in [2.75, 3.05) is 20.2 Å². The predicted octanol–water partition coefficient (Wildman–Crippen LogP) is 3.13. The predicted molar refractivity (Wildman–Crippen MR) is 79.8 cm³/mol. The van der Waals surface area contributed by atoms with Gasteiger partial charge in [0.25, 0.3) is 5.91 Å². The maximum Gasteiger partial charge on any atom is 0.310 e. The van der Waals surface area contributed by atoms with Gasteiger partial charge in [-0.2, -0.15) is 0 Å². The molecule has 0 aliphatic carbocycles. The lowest BCUT2D eigenvalue weighted by molar-refractivity contribution is -0.146. The number of amides is 1. The Morgan fingerprint density at radius 3 is 2.90 bits per heavy atom. The minimum atomic E-state index is -0.261. The van der Waals surface area contributed by atoms with E-state index in [4.69, 9.17) is 16.3 Å². The number of nitrogens with zero attached hydrogens (tertiary/aromatic N) is 1. The highest BCUT2D eigenvalue weighted by Gasteiger charge is 2.30. The number of carbonyl (C=O) groups excluding carboxylic acids is 2. The zero-order valence-corrected chi connectivity index (χ0v) is 13.4. The number of esters is 1. The molecule has 6 heteroatoms. The van der Waals surface area contributed by atoms with E-state index in [1.165, 1.54) is 7.11 Å². The highest BCUT2D eigenvalue weighted by molar-refractivity contribution is 9.10. The van der Waals surface area contributed by atoms with Crippen molar-refractivity contribution in [1.82, 2.24) is 4.90 Å². The Balaban J connectivity index is 2.16. The Bertz CT molecular complexity index is 535. The molecule has 4 nitrogen and oxygen atoms in total. The standard InChI is InChI=1S/C14H15BrClNO3/c1-20-14(19)9-4-3-7-17(8-9)13(18)10-5-2-6-11(15)12(10)16/h2,5-6,9H,3-4,7-8H2,1H3. The van der Waals surface area contributed by atoms with E-state index in [2.05, 4.69) is 15.9 Å². The van der Waals surface area contributed by atoms with Crippen LogP contribution in [0.2, 0.25) is 5.02 Å². The summed E-state index contributed by atoms with van der Waals surface area (Å²) in [6.45, 7) is 1.02. The minimum absolute atomic E-state index is 0.148. The van der Waals surface area contributed by atoms with Gasteiger partial charge in [-0.3, -0.25) is 9.59 Å². The van der Waals surface area contributed by atoms with Gasteiger partial charge in [0.1, 0.15) is 0 Å². The van der Waals surface area contributed by atoms with E-state index in [0.29, 0.717) is 28.1 Å². The number of halogens is 2. The second-order valence-electron chi connectivity index (χ2n) is 4.71. The number of ether oxygens (including phenoxy) is 1. The average Bonchev–Trinajstić information content (AvgIpc) is 2.48. The molecule has 1 unspecified atom stereocenters. The lowest BCUT2D eigenvalue weighted by Gasteiger charge is -2.31. The second kappa shape index (κ2) is 6.59. The van der Waals surface area contributed by atoms with E-state index in [1.54, 1.807) is 23.1 Å². The summed E-state index contributed by atoms with van der Waals surface area (Å²) in [4.78, 5) is 25.8. The molecule has 1 aliphatic rings. The third-order valence-electron chi connectivity index (χ3n) is 3.43. The third-order valence-corrected chi connectivity index (χ3v) is 4.72. The Labute approximate surface area is 131 Å². The molecule has 1 aromatic carbocycles. The van der Waals surface area contributed by atoms with Gasteiger partial charge in [-0.1, -0.05) is 17.7 Å². The van der Waals surface area contributed by atoms with Crippen LogP contribution in [0.5, 0.6) is 0 Å². The maximum atomic E-state index is 12.5. The molecule has 2 rings (SSSR count). The van der Waals surface area contributed by atoms with Gasteiger partial charge in [0.15, 0.2) is 0 Å². The fraction of sp³-hybridized carbons (Fsp3) is 0.429. The third kappa shape index (κ3) is 3.15. The summed E-state index contributed by atoms with van der Waals surface area (Å²) in [6.07, 6.45) is 1.54. The Morgan fingerprint density at radius 2 is 2.20 bits per heavy atom. The molecular formula is C14H15BrClNO3. The van der Waals surface area contributed by atoms with Crippen molar-refractivity contribution in [3.05, 3.63) is 33.3 Å². The summed E-state index contributed by atoms with van der Waals surface area (Å²) in [5, 5.41) is 0.401. The molecule has 1 fully saturated rings. The molecular weight excluding hydrogens is 346 g/mol. The highest BCUT2D eigenvalue weighted by Crippen LogP contribution is 2.28. The van der Waals surface area contributed by atoms with Crippen LogP contribution in [-0.2, 0) is 9.53 Å². The topological polar surface area (TPSA) is 46.6 Å². The van der Waals surface area contributed by atoms with E-state index in [0.717, 1.165) is 12.8 Å². The number of methoxy groups -OCH3 is 1. The number of piperidine rings is 1. The Kier molecular flexibility index (Phi) is 5.05. The lowest BCUT2D eigenvalue weighted by Crippen LogP contribution is -2.42. The van der Waals surface area contributed by atoms with Crippen molar-refractivity contribution in [1.29, 1.82) is 0 Å². The lowest BCUT2D eigenvalue weighted by atomic mass is 9.97. The Morgan fingerprint density at radius 1 is 1.45 bits per heavy atom. The van der Waals surface area contributed by atoms with Gasteiger partial charge >= 0.3 is 5.97 Å². The number of carbonyl (C=O) groups is 2. The number of benzene rings is 1. The zero-order chi connectivity index (χ0) is 14.7. The van der Waals surface area contributed by atoms with Crippen molar-refractivity contribution >= 4 is 39.4 Å². The van der Waals surface area contributed by atoms with Crippen LogP contribution >= 0.6 is 27.5 Å². The van der Waals surface area contributed by atoms with Crippen LogP contribution in [-0.4, -0.2) is 37.0 Å². The first kappa shape index (κ1) is 15.3. The van der Waals surface area contributed by atoms with Crippen LogP contribution in [0, 0.1) is 5.92 Å². The van der Waals surface area contributed by atoms with Crippen molar-refractivity contribution in [2.45, 2.75) is 12.8 Å². The van der Waals surface area contributed by atoms with E-state index < -0.39 is 0 Å². The van der Waals surface area contributed by atoms with E-state index >= 15 is 0 Å². The van der Waals surface area contributed by atoms with Crippen molar-refractivity contribution in [2.24, 2.45) is 5.92 Å². The fourth-order valence-corrected chi connectivity index (χ4v) is 2.93. The summed E-state index contributed by atoms with van der Waals surface area (Å²) >= 11 is 9.46. The molecule has 1 atom stereocenters. The van der Waals surface area contributed by atoms with Gasteiger partial charge in [0.2, 0.25) is 0 Å². The van der Waals surface area contributed by atoms with Gasteiger partial charge in [0, 0.05) is 17.6 Å². The molecule has 0 radical (unpaired) electrons. The monoisotopic (exact) mass is 359 g/mol. The summed E-state index contributed by atoms with van der Waals surface area (Å²) in [7, 11) is 1.37. The molecule has 0 N–H and O–H groups in total. The molecule has 1 saturated heterocycles. The summed E-state index contributed by atoms with van der Waals surface area (Å²) in [5.41, 5.74) is 0.451. The molecule has 1 aliphatic heterocycles. The van der Waals surface area contributed by atoms with Crippen molar-refractivity contribution < 1.29 is 14.3 Å². The molecule has 20 heavy (non-hydrogen) atoms. The molecule has 1 heterocycles. The van der Waals surface area contributed by atoms with Crippen LogP contribution in [0.1, 0.15) is 23.2 Å². The first-order valence-electron chi connectivity index (χ1n) is 6.35. The van der Waals surface area contributed by atoms with Crippen molar-refractivity contribution in [3.8, 4) is 0 Å². The minimum Gasteiger partial charge on any atom is -0.469 e. The van der Waals surface area contributed by atoms with Crippen LogP contribution < -0.4 is 0 Å². The van der Waals surface area contributed by atoms with Crippen LogP contribution in [0.15, 0.2) is 22.7 Å². The molecule has 1 amide bonds. The Hall–Kier alpha value is -1.07. The first-order chi connectivity index (χ1) is 9.54. The van der Waals surface area contributed by atoms with Gasteiger partial charge in [-0.15, -0.1) is 0 Å². The average molecular weight is 361 g/mol. The summed E-state index contributed by atoms with van der Waals surface area (Å²) < 4.78 is 5.44. The molecule has 1 aromatic rings. The first-order valence-corrected chi connectivity index (χ1v) is 7.52. The number of hydrogen-bond donors (Lipinski definition) is 0. The van der Waals surface area contributed by atoms with Gasteiger partial charge < -0.3 is 9.64 Å². The molecule has 108 valence electrons. The number of hydrogen-bond acceptors (Lipinski definition) is 3. The second-order valence-corrected chi connectivity index (χ2v) is 5.95. The maximum absolute atomic E-state index is 12.5. The van der Waals surface area contributed by atoms with Gasteiger partial charge in [0.05, 0.1) is 23.6 Å². The van der Waals surface area contributed by atoms with Crippen LogP contribution in [0.25, 0.3) is 0 Å². The molecule has 0 saturated carbocycles. The molecule has 0 aromatic heterocycles. The molecule has 0 bridgehead atoms.